The van der Waals surface area contributed by atoms with Gasteiger partial charge in [-0.15, -0.1) is 0 Å². The highest BCUT2D eigenvalue weighted by Crippen LogP contribution is 2.48. The third-order valence-electron chi connectivity index (χ3n) is 2.44. The molecule has 0 radical (unpaired) electrons. The fourth-order valence-electron chi connectivity index (χ4n) is 1.61. The topological polar surface area (TPSA) is 30.2 Å². The molecule has 1 aromatic heterocycles. The van der Waals surface area contributed by atoms with Crippen LogP contribution in [0.25, 0.3) is 0 Å². The molecule has 0 N–H and O–H groups in total. The molecular weight excluding hydrogens is 152 g/mol. The Morgan fingerprint density at radius 3 is 2.75 bits per heavy atom. The van der Waals surface area contributed by atoms with Gasteiger partial charge in [-0.3, -0.25) is 4.79 Å². The van der Waals surface area contributed by atoms with Crippen molar-refractivity contribution in [1.29, 1.82) is 0 Å². The van der Waals surface area contributed by atoms with Crippen LogP contribution in [0.1, 0.15) is 30.8 Å². The third kappa shape index (κ3) is 1.17. The molecule has 0 aromatic carbocycles. The van der Waals surface area contributed by atoms with E-state index in [1.165, 1.54) is 0 Å². The first-order valence-electron chi connectivity index (χ1n) is 4.25. The van der Waals surface area contributed by atoms with Gasteiger partial charge in [0.2, 0.25) is 0 Å². The Balaban J connectivity index is 2.10. The molecule has 2 atom stereocenters. The van der Waals surface area contributed by atoms with Gasteiger partial charge in [-0.2, -0.15) is 0 Å². The molecule has 0 aliphatic heterocycles. The van der Waals surface area contributed by atoms with Crippen LogP contribution in [-0.2, 0) is 4.79 Å². The predicted molar refractivity (Wildman–Crippen MR) is 45.0 cm³/mol. The molecule has 64 valence electrons. The summed E-state index contributed by atoms with van der Waals surface area (Å²) in [7, 11) is 0. The Labute approximate surface area is 71.6 Å². The number of Topliss-reactive ketones (excluding diaryl/α,β-unsaturated/α-hetero) is 1. The van der Waals surface area contributed by atoms with Gasteiger partial charge in [0.1, 0.15) is 17.3 Å². The predicted octanol–water partition coefficient (Wildman–Crippen LogP) is 2.28. The van der Waals surface area contributed by atoms with Crippen molar-refractivity contribution < 1.29 is 9.21 Å². The number of carbonyl (C=O) groups excluding carboxylic acids is 1. The highest BCUT2D eigenvalue weighted by atomic mass is 16.3. The molecule has 1 aliphatic rings. The summed E-state index contributed by atoms with van der Waals surface area (Å²) in [4.78, 5) is 11.0. The van der Waals surface area contributed by atoms with Crippen LogP contribution in [0.4, 0.5) is 0 Å². The Morgan fingerprint density at radius 1 is 1.58 bits per heavy atom. The van der Waals surface area contributed by atoms with Gasteiger partial charge in [0.25, 0.3) is 0 Å². The van der Waals surface area contributed by atoms with E-state index in [9.17, 15) is 4.79 Å². The number of rotatable bonds is 2. The van der Waals surface area contributed by atoms with Crippen LogP contribution >= 0.6 is 0 Å². The van der Waals surface area contributed by atoms with E-state index in [-0.39, 0.29) is 11.7 Å². The summed E-state index contributed by atoms with van der Waals surface area (Å²) in [5.41, 5.74) is 0. The van der Waals surface area contributed by atoms with E-state index in [0.717, 1.165) is 17.9 Å². The molecule has 0 spiro atoms. The second kappa shape index (κ2) is 2.47. The maximum atomic E-state index is 11.0. The van der Waals surface area contributed by atoms with Crippen molar-refractivity contribution >= 4 is 5.78 Å². The van der Waals surface area contributed by atoms with Crippen molar-refractivity contribution in [3.05, 3.63) is 23.7 Å². The minimum atomic E-state index is 0.232. The van der Waals surface area contributed by atoms with E-state index in [1.54, 1.807) is 6.92 Å². The molecule has 1 aliphatic carbocycles. The zero-order valence-electron chi connectivity index (χ0n) is 7.33. The zero-order chi connectivity index (χ0) is 8.72. The monoisotopic (exact) mass is 164 g/mol. The lowest BCUT2D eigenvalue weighted by atomic mass is 10.2. The molecule has 0 bridgehead atoms. The zero-order valence-corrected chi connectivity index (χ0v) is 7.33. The van der Waals surface area contributed by atoms with Gasteiger partial charge in [-0.1, -0.05) is 0 Å². The Kier molecular flexibility index (Phi) is 1.56. The van der Waals surface area contributed by atoms with Gasteiger partial charge in [-0.25, -0.2) is 0 Å². The van der Waals surface area contributed by atoms with E-state index in [4.69, 9.17) is 4.42 Å². The Hall–Kier alpha value is -1.05. The first kappa shape index (κ1) is 7.59. The van der Waals surface area contributed by atoms with Gasteiger partial charge in [0.15, 0.2) is 0 Å². The molecule has 2 rings (SSSR count). The van der Waals surface area contributed by atoms with Crippen LogP contribution in [0, 0.1) is 12.8 Å². The lowest BCUT2D eigenvalue weighted by molar-refractivity contribution is -0.118. The molecule has 1 heterocycles. The molecule has 12 heavy (non-hydrogen) atoms. The van der Waals surface area contributed by atoms with E-state index >= 15 is 0 Å². The van der Waals surface area contributed by atoms with Crippen LogP contribution in [0.5, 0.6) is 0 Å². The molecule has 0 saturated heterocycles. The van der Waals surface area contributed by atoms with Crippen LogP contribution in [0.15, 0.2) is 16.5 Å². The van der Waals surface area contributed by atoms with Gasteiger partial charge in [0.05, 0.1) is 0 Å². The SMILES string of the molecule is CC(=O)C1CC1c1ccc(C)o1. The van der Waals surface area contributed by atoms with Crippen LogP contribution < -0.4 is 0 Å². The van der Waals surface area contributed by atoms with Crippen molar-refractivity contribution in [3.8, 4) is 0 Å². The van der Waals surface area contributed by atoms with Crippen molar-refractivity contribution in [2.75, 3.05) is 0 Å². The average Bonchev–Trinajstić information content (AvgIpc) is 2.70. The molecule has 0 amide bonds. The van der Waals surface area contributed by atoms with E-state index < -0.39 is 0 Å². The minimum Gasteiger partial charge on any atom is -0.466 e. The lowest BCUT2D eigenvalue weighted by Crippen LogP contribution is -1.93. The van der Waals surface area contributed by atoms with Gasteiger partial charge in [0, 0.05) is 11.8 Å². The summed E-state index contributed by atoms with van der Waals surface area (Å²) in [5, 5.41) is 0. The largest absolute Gasteiger partial charge is 0.466 e. The summed E-state index contributed by atoms with van der Waals surface area (Å²) >= 11 is 0. The maximum absolute atomic E-state index is 11.0. The highest BCUT2D eigenvalue weighted by Gasteiger charge is 2.43. The van der Waals surface area contributed by atoms with Crippen LogP contribution in [0.3, 0.4) is 0 Å². The summed E-state index contributed by atoms with van der Waals surface area (Å²) in [6.45, 7) is 3.58. The molecule has 2 unspecified atom stereocenters. The van der Waals surface area contributed by atoms with E-state index in [1.807, 2.05) is 19.1 Å². The number of carbonyl (C=O) groups is 1. The molecular formula is C10H12O2. The second-order valence-corrected chi connectivity index (χ2v) is 3.51. The quantitative estimate of drug-likeness (QED) is 0.671. The van der Waals surface area contributed by atoms with E-state index in [0.29, 0.717) is 5.92 Å². The molecule has 1 saturated carbocycles. The maximum Gasteiger partial charge on any atom is 0.133 e. The summed E-state index contributed by atoms with van der Waals surface area (Å²) < 4.78 is 5.44. The van der Waals surface area contributed by atoms with Crippen LogP contribution in [0.2, 0.25) is 0 Å². The van der Waals surface area contributed by atoms with Gasteiger partial charge >= 0.3 is 0 Å². The fraction of sp³-hybridized carbons (Fsp3) is 0.500. The normalized spacial score (nSPS) is 27.2. The Morgan fingerprint density at radius 2 is 2.33 bits per heavy atom. The van der Waals surface area contributed by atoms with Crippen LogP contribution in [-0.4, -0.2) is 5.78 Å². The first-order valence-corrected chi connectivity index (χ1v) is 4.25. The number of aryl methyl sites for hydroxylation is 1. The van der Waals surface area contributed by atoms with E-state index in [2.05, 4.69) is 0 Å². The lowest BCUT2D eigenvalue weighted by Gasteiger charge is -1.90. The Bertz CT molecular complexity index is 311. The number of ketones is 1. The smallest absolute Gasteiger partial charge is 0.133 e. The van der Waals surface area contributed by atoms with Crippen molar-refractivity contribution in [3.63, 3.8) is 0 Å². The number of hydrogen-bond donors (Lipinski definition) is 0. The molecule has 2 nitrogen and oxygen atoms in total. The van der Waals surface area contributed by atoms with Crippen molar-refractivity contribution in [1.82, 2.24) is 0 Å². The van der Waals surface area contributed by atoms with Gasteiger partial charge < -0.3 is 4.42 Å². The number of hydrogen-bond acceptors (Lipinski definition) is 2. The fourth-order valence-corrected chi connectivity index (χ4v) is 1.61. The average molecular weight is 164 g/mol. The summed E-state index contributed by atoms with van der Waals surface area (Å²) in [5.74, 6) is 2.80. The standard InChI is InChI=1S/C10H12O2/c1-6-3-4-10(12-6)9-5-8(9)7(2)11/h3-4,8-9H,5H2,1-2H3. The van der Waals surface area contributed by atoms with Crippen molar-refractivity contribution in [2.45, 2.75) is 26.2 Å². The molecule has 1 aromatic rings. The minimum absolute atomic E-state index is 0.232. The van der Waals surface area contributed by atoms with Crippen molar-refractivity contribution in [2.24, 2.45) is 5.92 Å². The number of furan rings is 1. The third-order valence-corrected chi connectivity index (χ3v) is 2.44. The molecule has 2 heteroatoms. The van der Waals surface area contributed by atoms with Gasteiger partial charge in [-0.05, 0) is 32.4 Å². The molecule has 1 fully saturated rings. The highest BCUT2D eigenvalue weighted by molar-refractivity contribution is 5.82. The summed E-state index contributed by atoms with van der Waals surface area (Å²) in [6.07, 6.45) is 0.974. The second-order valence-electron chi connectivity index (χ2n) is 3.51. The summed E-state index contributed by atoms with van der Waals surface area (Å²) in [6, 6.07) is 3.92. The first-order chi connectivity index (χ1) is 5.68.